The van der Waals surface area contributed by atoms with Crippen LogP contribution >= 0.6 is 11.6 Å². The maximum absolute atomic E-state index is 12.6. The summed E-state index contributed by atoms with van der Waals surface area (Å²) in [7, 11) is 0. The molecule has 3 aromatic rings. The molecule has 3 aromatic carbocycles. The Balaban J connectivity index is 1.45. The molecular formula is C27H25ClN2O5. The van der Waals surface area contributed by atoms with E-state index >= 15 is 0 Å². The highest BCUT2D eigenvalue weighted by Gasteiger charge is 2.29. The summed E-state index contributed by atoms with van der Waals surface area (Å²) < 4.78 is 5.54. The Morgan fingerprint density at radius 1 is 0.971 bits per heavy atom. The molecule has 4 rings (SSSR count). The van der Waals surface area contributed by atoms with Crippen molar-refractivity contribution in [2.75, 3.05) is 11.9 Å². The summed E-state index contributed by atoms with van der Waals surface area (Å²) in [5.74, 6) is -2.11. The van der Waals surface area contributed by atoms with Gasteiger partial charge < -0.3 is 15.2 Å². The van der Waals surface area contributed by atoms with Crippen LogP contribution in [0.2, 0.25) is 5.02 Å². The van der Waals surface area contributed by atoms with Crippen molar-refractivity contribution in [1.29, 1.82) is 0 Å². The highest BCUT2D eigenvalue weighted by molar-refractivity contribution is 6.33. The van der Waals surface area contributed by atoms with E-state index in [0.717, 1.165) is 22.3 Å². The van der Waals surface area contributed by atoms with Crippen molar-refractivity contribution in [3.8, 4) is 11.1 Å². The zero-order chi connectivity index (χ0) is 25.1. The molecule has 1 aliphatic carbocycles. The fraction of sp³-hybridized carbons (Fsp3) is 0.222. The van der Waals surface area contributed by atoms with Gasteiger partial charge in [0.05, 0.1) is 10.7 Å². The van der Waals surface area contributed by atoms with E-state index in [4.69, 9.17) is 16.3 Å². The van der Waals surface area contributed by atoms with Crippen molar-refractivity contribution in [3.63, 3.8) is 0 Å². The monoisotopic (exact) mass is 492 g/mol. The Hall–Kier alpha value is -3.84. The second-order valence-electron chi connectivity index (χ2n) is 8.68. The minimum atomic E-state index is -1.13. The molecule has 1 atom stereocenters. The zero-order valence-electron chi connectivity index (χ0n) is 19.2. The smallest absolute Gasteiger partial charge is 0.411 e. The molecule has 0 spiro atoms. The van der Waals surface area contributed by atoms with E-state index in [9.17, 15) is 19.5 Å². The van der Waals surface area contributed by atoms with Crippen molar-refractivity contribution < 1.29 is 24.2 Å². The highest BCUT2D eigenvalue weighted by Crippen LogP contribution is 2.44. The van der Waals surface area contributed by atoms with E-state index in [1.165, 1.54) is 18.2 Å². The van der Waals surface area contributed by atoms with Crippen LogP contribution in [0.1, 0.15) is 41.3 Å². The van der Waals surface area contributed by atoms with Gasteiger partial charge in [-0.05, 0) is 46.4 Å². The van der Waals surface area contributed by atoms with Gasteiger partial charge in [-0.3, -0.25) is 10.1 Å². The lowest BCUT2D eigenvalue weighted by Crippen LogP contribution is -2.44. The average molecular weight is 493 g/mol. The first kappa shape index (κ1) is 24.3. The van der Waals surface area contributed by atoms with Crippen LogP contribution in [-0.2, 0) is 9.53 Å². The van der Waals surface area contributed by atoms with Gasteiger partial charge in [0.15, 0.2) is 0 Å². The van der Waals surface area contributed by atoms with E-state index in [-0.39, 0.29) is 34.7 Å². The van der Waals surface area contributed by atoms with Gasteiger partial charge in [0.1, 0.15) is 12.6 Å². The highest BCUT2D eigenvalue weighted by atomic mass is 35.5. The number of hydrogen-bond donors (Lipinski definition) is 3. The third-order valence-electron chi connectivity index (χ3n) is 6.03. The second kappa shape index (κ2) is 10.2. The van der Waals surface area contributed by atoms with Gasteiger partial charge in [0.25, 0.3) is 5.91 Å². The van der Waals surface area contributed by atoms with E-state index in [2.05, 4.69) is 22.8 Å². The summed E-state index contributed by atoms with van der Waals surface area (Å²) in [4.78, 5) is 36.6. The lowest BCUT2D eigenvalue weighted by molar-refractivity contribution is -0.140. The number of aliphatic carboxylic acids is 1. The summed E-state index contributed by atoms with van der Waals surface area (Å²) >= 11 is 6.22. The lowest BCUT2D eigenvalue weighted by Gasteiger charge is -2.18. The van der Waals surface area contributed by atoms with E-state index in [1.54, 1.807) is 13.8 Å². The number of amides is 2. The summed E-state index contributed by atoms with van der Waals surface area (Å²) in [6.07, 6.45) is -0.711. The Kier molecular flexibility index (Phi) is 7.07. The molecular weight excluding hydrogens is 468 g/mol. The fourth-order valence-corrected chi connectivity index (χ4v) is 4.41. The molecule has 0 unspecified atom stereocenters. The van der Waals surface area contributed by atoms with Crippen LogP contribution in [0.5, 0.6) is 0 Å². The minimum Gasteiger partial charge on any atom is -0.480 e. The normalized spacial score (nSPS) is 13.0. The van der Waals surface area contributed by atoms with Gasteiger partial charge in [0, 0.05) is 11.5 Å². The first-order chi connectivity index (χ1) is 16.8. The average Bonchev–Trinajstić information content (AvgIpc) is 3.15. The number of anilines is 1. The zero-order valence-corrected chi connectivity index (χ0v) is 20.0. The largest absolute Gasteiger partial charge is 0.480 e. The second-order valence-corrected chi connectivity index (χ2v) is 9.09. The third-order valence-corrected chi connectivity index (χ3v) is 6.36. The number of benzene rings is 3. The third kappa shape index (κ3) is 5.15. The predicted octanol–water partition coefficient (Wildman–Crippen LogP) is 5.54. The molecule has 0 aromatic heterocycles. The molecule has 0 bridgehead atoms. The van der Waals surface area contributed by atoms with Crippen LogP contribution in [0.15, 0.2) is 66.7 Å². The Bertz CT molecular complexity index is 1240. The molecule has 0 aliphatic heterocycles. The number of halogens is 1. The first-order valence-electron chi connectivity index (χ1n) is 11.2. The van der Waals surface area contributed by atoms with Crippen molar-refractivity contribution in [2.45, 2.75) is 25.8 Å². The van der Waals surface area contributed by atoms with Crippen molar-refractivity contribution in [3.05, 3.63) is 88.4 Å². The molecule has 7 nitrogen and oxygen atoms in total. The number of carboxylic acid groups (broad SMARTS) is 1. The molecule has 0 radical (unpaired) electrons. The van der Waals surface area contributed by atoms with Crippen LogP contribution in [0.25, 0.3) is 11.1 Å². The standard InChI is InChI=1S/C27H25ClN2O5/c1-15(2)24(26(32)33)30-25(31)16-11-12-22(28)23(13-16)29-27(34)35-14-21-19-9-5-3-7-17(19)18-8-4-6-10-20(18)21/h3-13,15,21,24H,14H2,1-2H3,(H,29,34)(H,30,31)(H,32,33)/t24-/m1/s1. The van der Waals surface area contributed by atoms with Gasteiger partial charge in [-0.15, -0.1) is 0 Å². The number of carbonyl (C=O) groups is 3. The van der Waals surface area contributed by atoms with Gasteiger partial charge in [0.2, 0.25) is 0 Å². The van der Waals surface area contributed by atoms with Crippen molar-refractivity contribution in [2.24, 2.45) is 5.92 Å². The summed E-state index contributed by atoms with van der Waals surface area (Å²) in [6.45, 7) is 3.53. The summed E-state index contributed by atoms with van der Waals surface area (Å²) in [5, 5.41) is 14.6. The molecule has 8 heteroatoms. The number of ether oxygens (including phenoxy) is 1. The fourth-order valence-electron chi connectivity index (χ4n) is 4.24. The number of hydrogen-bond acceptors (Lipinski definition) is 4. The molecule has 0 heterocycles. The van der Waals surface area contributed by atoms with E-state index < -0.39 is 24.0 Å². The summed E-state index contributed by atoms with van der Waals surface area (Å²) in [6, 6.07) is 19.3. The lowest BCUT2D eigenvalue weighted by atomic mass is 9.98. The van der Waals surface area contributed by atoms with Crippen LogP contribution in [0.3, 0.4) is 0 Å². The first-order valence-corrected chi connectivity index (χ1v) is 11.6. The number of carboxylic acids is 1. The number of nitrogens with one attached hydrogen (secondary N) is 2. The van der Waals surface area contributed by atoms with Gasteiger partial charge in [-0.2, -0.15) is 0 Å². The maximum atomic E-state index is 12.6. The van der Waals surface area contributed by atoms with Crippen LogP contribution in [0, 0.1) is 5.92 Å². The van der Waals surface area contributed by atoms with Gasteiger partial charge in [-0.25, -0.2) is 9.59 Å². The number of rotatable bonds is 7. The van der Waals surface area contributed by atoms with Crippen LogP contribution in [0.4, 0.5) is 10.5 Å². The summed E-state index contributed by atoms with van der Waals surface area (Å²) in [5.41, 5.74) is 4.79. The maximum Gasteiger partial charge on any atom is 0.411 e. The number of fused-ring (bicyclic) bond motifs is 3. The minimum absolute atomic E-state index is 0.0929. The SMILES string of the molecule is CC(C)[C@@H](NC(=O)c1ccc(Cl)c(NC(=O)OCC2c3ccccc3-c3ccccc32)c1)C(=O)O. The molecule has 0 fully saturated rings. The van der Waals surface area contributed by atoms with E-state index in [0.29, 0.717) is 0 Å². The van der Waals surface area contributed by atoms with Gasteiger partial charge in [-0.1, -0.05) is 74.0 Å². The molecule has 35 heavy (non-hydrogen) atoms. The van der Waals surface area contributed by atoms with Gasteiger partial charge >= 0.3 is 12.1 Å². The Labute approximate surface area is 208 Å². The molecule has 180 valence electrons. The molecule has 0 saturated carbocycles. The quantitative estimate of drug-likeness (QED) is 0.401. The van der Waals surface area contributed by atoms with Crippen molar-refractivity contribution in [1.82, 2.24) is 5.32 Å². The molecule has 0 saturated heterocycles. The van der Waals surface area contributed by atoms with E-state index in [1.807, 2.05) is 36.4 Å². The molecule has 3 N–H and O–H groups in total. The Morgan fingerprint density at radius 3 is 2.14 bits per heavy atom. The van der Waals surface area contributed by atoms with Crippen LogP contribution < -0.4 is 10.6 Å². The van der Waals surface area contributed by atoms with Crippen molar-refractivity contribution >= 4 is 35.3 Å². The predicted molar refractivity (Wildman–Crippen MR) is 134 cm³/mol. The molecule has 1 aliphatic rings. The molecule has 2 amide bonds. The topological polar surface area (TPSA) is 105 Å². The number of carbonyl (C=O) groups excluding carboxylic acids is 2. The Morgan fingerprint density at radius 2 is 1.57 bits per heavy atom. The van der Waals surface area contributed by atoms with Crippen LogP contribution in [-0.4, -0.2) is 35.7 Å².